The van der Waals surface area contributed by atoms with Crippen molar-refractivity contribution in [3.8, 4) is 0 Å². The number of piperazine rings is 1. The second-order valence-corrected chi connectivity index (χ2v) is 13.0. The number of aryl methyl sites for hydroxylation is 2. The number of anilines is 1. The first-order chi connectivity index (χ1) is 20.3. The third-order valence-corrected chi connectivity index (χ3v) is 10.4. The maximum atomic E-state index is 14.2. The van der Waals surface area contributed by atoms with Gasteiger partial charge in [0.1, 0.15) is 11.6 Å². The molecule has 1 spiro atoms. The number of hydrogen-bond acceptors (Lipinski definition) is 6. The van der Waals surface area contributed by atoms with E-state index in [9.17, 15) is 14.4 Å². The summed E-state index contributed by atoms with van der Waals surface area (Å²) >= 11 is 0. The van der Waals surface area contributed by atoms with Crippen molar-refractivity contribution in [2.45, 2.75) is 83.1 Å². The normalized spacial score (nSPS) is 31.5. The van der Waals surface area contributed by atoms with Crippen LogP contribution in [0.15, 0.2) is 30.4 Å². The predicted octanol–water partition coefficient (Wildman–Crippen LogP) is 2.87. The van der Waals surface area contributed by atoms with Crippen LogP contribution in [-0.4, -0.2) is 102 Å². The summed E-state index contributed by atoms with van der Waals surface area (Å²) in [6.07, 6.45) is 9.41. The molecule has 3 amide bonds. The SMILES string of the molecule is CCN1CCN(CCCN2C(=O)C3C(C(=O)Nc4ccc(C)c(C)c4)C4C=CC3(O4)C2C(=O)NC2CCCCC2)CC1. The molecule has 4 heterocycles. The van der Waals surface area contributed by atoms with Crippen molar-refractivity contribution in [1.82, 2.24) is 20.0 Å². The van der Waals surface area contributed by atoms with Crippen molar-refractivity contribution in [3.63, 3.8) is 0 Å². The van der Waals surface area contributed by atoms with Crippen molar-refractivity contribution in [2.24, 2.45) is 11.8 Å². The first-order valence-electron chi connectivity index (χ1n) is 16.1. The standard InChI is InChI=1S/C33H47N5O4/c1-4-36-17-19-37(20-18-36)15-8-16-38-29(31(40)34-24-9-6-5-7-10-24)33-14-13-26(42-33)27(28(33)32(38)41)30(39)35-25-12-11-22(2)23(3)21-25/h11-14,21,24,26-29H,4-10,15-20H2,1-3H3,(H,34,40)(H,35,39). The summed E-state index contributed by atoms with van der Waals surface area (Å²) in [6, 6.07) is 5.19. The fourth-order valence-electron chi connectivity index (χ4n) is 7.87. The first kappa shape index (κ1) is 29.3. The van der Waals surface area contributed by atoms with Gasteiger partial charge in [0, 0.05) is 44.5 Å². The largest absolute Gasteiger partial charge is 0.359 e. The summed E-state index contributed by atoms with van der Waals surface area (Å²) in [5, 5.41) is 6.34. The van der Waals surface area contributed by atoms with Gasteiger partial charge in [0.2, 0.25) is 17.7 Å². The third kappa shape index (κ3) is 5.40. The van der Waals surface area contributed by atoms with Crippen molar-refractivity contribution in [2.75, 3.05) is 51.1 Å². The van der Waals surface area contributed by atoms with Crippen LogP contribution in [0.1, 0.15) is 56.6 Å². The van der Waals surface area contributed by atoms with E-state index in [1.54, 1.807) is 4.90 Å². The Hall–Kier alpha value is -2.75. The van der Waals surface area contributed by atoms with Crippen LogP contribution < -0.4 is 10.6 Å². The van der Waals surface area contributed by atoms with E-state index in [2.05, 4.69) is 27.4 Å². The highest BCUT2D eigenvalue weighted by molar-refractivity contribution is 6.02. The number of likely N-dealkylation sites (N-methyl/N-ethyl adjacent to an activating group) is 1. The molecule has 2 bridgehead atoms. The molecular formula is C33H47N5O4. The number of nitrogens with one attached hydrogen (secondary N) is 2. The van der Waals surface area contributed by atoms with Gasteiger partial charge in [0.15, 0.2) is 0 Å². The molecule has 1 aromatic carbocycles. The summed E-state index contributed by atoms with van der Waals surface area (Å²) in [5.41, 5.74) is 1.84. The zero-order valence-electron chi connectivity index (χ0n) is 25.4. The molecule has 4 fully saturated rings. The molecule has 4 aliphatic heterocycles. The minimum Gasteiger partial charge on any atom is -0.359 e. The number of benzene rings is 1. The van der Waals surface area contributed by atoms with Gasteiger partial charge in [-0.1, -0.05) is 44.4 Å². The Morgan fingerprint density at radius 3 is 2.43 bits per heavy atom. The Labute approximate surface area is 250 Å². The molecule has 6 rings (SSSR count). The van der Waals surface area contributed by atoms with Crippen LogP contribution in [0.25, 0.3) is 0 Å². The highest BCUT2D eigenvalue weighted by Gasteiger charge is 2.72. The zero-order valence-corrected chi connectivity index (χ0v) is 25.4. The van der Waals surface area contributed by atoms with E-state index in [0.717, 1.165) is 82.5 Å². The van der Waals surface area contributed by atoms with Crippen LogP contribution in [0.3, 0.4) is 0 Å². The number of fused-ring (bicyclic) bond motifs is 1. The van der Waals surface area contributed by atoms with Gasteiger partial charge in [0.25, 0.3) is 0 Å². The quantitative estimate of drug-likeness (QED) is 0.439. The molecule has 5 atom stereocenters. The smallest absolute Gasteiger partial charge is 0.246 e. The van der Waals surface area contributed by atoms with Crippen LogP contribution >= 0.6 is 0 Å². The van der Waals surface area contributed by atoms with Gasteiger partial charge >= 0.3 is 0 Å². The fraction of sp³-hybridized carbons (Fsp3) is 0.667. The van der Waals surface area contributed by atoms with Crippen molar-refractivity contribution in [1.29, 1.82) is 0 Å². The molecule has 1 saturated carbocycles. The summed E-state index contributed by atoms with van der Waals surface area (Å²) in [5.74, 6) is -1.90. The molecule has 9 heteroatoms. The maximum absolute atomic E-state index is 14.2. The number of nitrogens with zero attached hydrogens (tertiary/aromatic N) is 3. The lowest BCUT2D eigenvalue weighted by atomic mass is 9.74. The lowest BCUT2D eigenvalue weighted by Gasteiger charge is -2.36. The zero-order chi connectivity index (χ0) is 29.4. The molecule has 0 radical (unpaired) electrons. The van der Waals surface area contributed by atoms with Crippen LogP contribution in [-0.2, 0) is 19.1 Å². The maximum Gasteiger partial charge on any atom is 0.246 e. The number of ether oxygens (including phenoxy) is 1. The van der Waals surface area contributed by atoms with Crippen LogP contribution in [0.4, 0.5) is 5.69 Å². The van der Waals surface area contributed by atoms with Gasteiger partial charge in [-0.05, 0) is 69.5 Å². The summed E-state index contributed by atoms with van der Waals surface area (Å²) in [6.45, 7) is 12.8. The van der Waals surface area contributed by atoms with Crippen LogP contribution in [0.5, 0.6) is 0 Å². The second-order valence-electron chi connectivity index (χ2n) is 13.0. The van der Waals surface area contributed by atoms with Gasteiger partial charge in [-0.15, -0.1) is 0 Å². The first-order valence-corrected chi connectivity index (χ1v) is 16.1. The molecule has 228 valence electrons. The number of amides is 3. The monoisotopic (exact) mass is 577 g/mol. The van der Waals surface area contributed by atoms with Crippen molar-refractivity contribution >= 4 is 23.4 Å². The topological polar surface area (TPSA) is 94.2 Å². The minimum absolute atomic E-state index is 0.125. The average molecular weight is 578 g/mol. The fourth-order valence-corrected chi connectivity index (χ4v) is 7.87. The van der Waals surface area contributed by atoms with E-state index in [0.29, 0.717) is 12.2 Å². The highest BCUT2D eigenvalue weighted by atomic mass is 16.5. The van der Waals surface area contributed by atoms with E-state index in [4.69, 9.17) is 4.74 Å². The van der Waals surface area contributed by atoms with E-state index in [1.165, 1.54) is 6.42 Å². The van der Waals surface area contributed by atoms with E-state index in [-0.39, 0.29) is 23.8 Å². The number of carbonyl (C=O) groups is 3. The molecule has 1 aliphatic carbocycles. The van der Waals surface area contributed by atoms with Crippen molar-refractivity contribution in [3.05, 3.63) is 41.5 Å². The molecule has 42 heavy (non-hydrogen) atoms. The number of carbonyl (C=O) groups excluding carboxylic acids is 3. The van der Waals surface area contributed by atoms with E-state index >= 15 is 0 Å². The Morgan fingerprint density at radius 1 is 0.976 bits per heavy atom. The molecule has 0 aromatic heterocycles. The summed E-state index contributed by atoms with van der Waals surface area (Å²) in [4.78, 5) is 48.7. The minimum atomic E-state index is -1.11. The predicted molar refractivity (Wildman–Crippen MR) is 162 cm³/mol. The van der Waals surface area contributed by atoms with E-state index in [1.807, 2.05) is 44.2 Å². The Morgan fingerprint density at radius 2 is 1.71 bits per heavy atom. The van der Waals surface area contributed by atoms with Crippen molar-refractivity contribution < 1.29 is 19.1 Å². The van der Waals surface area contributed by atoms with Gasteiger partial charge in [-0.2, -0.15) is 0 Å². The van der Waals surface area contributed by atoms with Gasteiger partial charge in [-0.3, -0.25) is 14.4 Å². The number of likely N-dealkylation sites (tertiary alicyclic amines) is 1. The molecule has 9 nitrogen and oxygen atoms in total. The van der Waals surface area contributed by atoms with Crippen LogP contribution in [0.2, 0.25) is 0 Å². The van der Waals surface area contributed by atoms with Gasteiger partial charge in [-0.25, -0.2) is 0 Å². The van der Waals surface area contributed by atoms with Gasteiger partial charge in [0.05, 0.1) is 17.9 Å². The Bertz CT molecular complexity index is 1220. The summed E-state index contributed by atoms with van der Waals surface area (Å²) in [7, 11) is 0. The lowest BCUT2D eigenvalue weighted by molar-refractivity contribution is -0.141. The number of rotatable bonds is 9. The Kier molecular flexibility index (Phi) is 8.44. The molecule has 1 aromatic rings. The third-order valence-electron chi connectivity index (χ3n) is 10.4. The lowest BCUT2D eigenvalue weighted by Crippen LogP contribution is -2.56. The van der Waals surface area contributed by atoms with E-state index < -0.39 is 29.6 Å². The van der Waals surface area contributed by atoms with Gasteiger partial charge < -0.3 is 30.1 Å². The molecule has 2 N–H and O–H groups in total. The number of hydrogen-bond donors (Lipinski definition) is 2. The highest BCUT2D eigenvalue weighted by Crippen LogP contribution is 2.55. The van der Waals surface area contributed by atoms with Crippen LogP contribution in [0, 0.1) is 25.7 Å². The molecule has 5 aliphatic rings. The summed E-state index contributed by atoms with van der Waals surface area (Å²) < 4.78 is 6.53. The molecular weight excluding hydrogens is 530 g/mol. The molecule has 5 unspecified atom stereocenters. The second kappa shape index (κ2) is 12.1. The molecule has 3 saturated heterocycles. The average Bonchev–Trinajstić information content (AvgIpc) is 3.63. The Balaban J connectivity index is 1.21.